The quantitative estimate of drug-likeness (QED) is 0.152. The van der Waals surface area contributed by atoms with Gasteiger partial charge in [-0.3, -0.25) is 39.9 Å². The molecule has 1 unspecified atom stereocenters. The van der Waals surface area contributed by atoms with Crippen LogP contribution in [0, 0.1) is 30.3 Å². The normalized spacial score (nSPS) is 11.2. The summed E-state index contributed by atoms with van der Waals surface area (Å²) in [5, 5.41) is 35.8. The zero-order valence-electron chi connectivity index (χ0n) is 19.5. The summed E-state index contributed by atoms with van der Waals surface area (Å²) >= 11 is 0. The van der Waals surface area contributed by atoms with Gasteiger partial charge in [-0.25, -0.2) is 0 Å². The molecule has 0 saturated heterocycles. The molecule has 15 heteroatoms. The molecule has 0 aliphatic heterocycles. The van der Waals surface area contributed by atoms with Gasteiger partial charge in [0.25, 0.3) is 17.1 Å². The molecule has 0 aliphatic carbocycles. The van der Waals surface area contributed by atoms with E-state index in [-0.39, 0.29) is 41.2 Å². The van der Waals surface area contributed by atoms with E-state index in [1.165, 1.54) is 54.6 Å². The van der Waals surface area contributed by atoms with Crippen molar-refractivity contribution in [2.45, 2.75) is 18.9 Å². The molecule has 38 heavy (non-hydrogen) atoms. The van der Waals surface area contributed by atoms with Gasteiger partial charge in [0.2, 0.25) is 5.91 Å². The van der Waals surface area contributed by atoms with Crippen molar-refractivity contribution >= 4 is 45.8 Å². The van der Waals surface area contributed by atoms with Gasteiger partial charge in [0.1, 0.15) is 0 Å². The Balaban J connectivity index is 1.63. The van der Waals surface area contributed by atoms with Crippen LogP contribution >= 0.6 is 0 Å². The average molecular weight is 523 g/mol. The number of nitrogens with two attached hydrogens (primary N) is 1. The van der Waals surface area contributed by atoms with Gasteiger partial charge in [-0.2, -0.15) is 0 Å². The number of nitro benzene ring substituents is 3. The van der Waals surface area contributed by atoms with Crippen LogP contribution in [-0.4, -0.2) is 32.5 Å². The highest BCUT2D eigenvalue weighted by atomic mass is 16.6. The van der Waals surface area contributed by atoms with Crippen molar-refractivity contribution in [1.82, 2.24) is 0 Å². The van der Waals surface area contributed by atoms with Crippen molar-refractivity contribution in [3.8, 4) is 0 Å². The van der Waals surface area contributed by atoms with E-state index in [4.69, 9.17) is 5.73 Å². The van der Waals surface area contributed by atoms with Crippen LogP contribution in [0.2, 0.25) is 0 Å². The van der Waals surface area contributed by atoms with Crippen molar-refractivity contribution in [3.63, 3.8) is 0 Å². The monoisotopic (exact) mass is 523 g/mol. The molecule has 0 aromatic heterocycles. The highest BCUT2D eigenvalue weighted by Crippen LogP contribution is 2.26. The van der Waals surface area contributed by atoms with E-state index in [2.05, 4.69) is 16.2 Å². The fourth-order valence-electron chi connectivity index (χ4n) is 3.35. The fraction of sp³-hybridized carbons (Fsp3) is 0.130. The summed E-state index contributed by atoms with van der Waals surface area (Å²) in [6, 6.07) is 13.3. The molecule has 1 amide bonds. The topological polar surface area (TPSA) is 226 Å². The van der Waals surface area contributed by atoms with Crippen LogP contribution in [0.25, 0.3) is 0 Å². The number of ketones is 1. The lowest BCUT2D eigenvalue weighted by Gasteiger charge is -2.13. The van der Waals surface area contributed by atoms with Gasteiger partial charge in [-0.05, 0) is 30.7 Å². The Morgan fingerprint density at radius 3 is 1.89 bits per heavy atom. The van der Waals surface area contributed by atoms with E-state index in [9.17, 15) is 39.9 Å². The van der Waals surface area contributed by atoms with Crippen molar-refractivity contribution in [3.05, 3.63) is 103 Å². The lowest BCUT2D eigenvalue weighted by Crippen LogP contribution is -2.32. The molecule has 196 valence electrons. The van der Waals surface area contributed by atoms with E-state index in [0.29, 0.717) is 5.69 Å². The summed E-state index contributed by atoms with van der Waals surface area (Å²) in [7, 11) is 0. The van der Waals surface area contributed by atoms with Crippen molar-refractivity contribution in [2.24, 2.45) is 5.73 Å². The molecule has 3 aromatic carbocycles. The van der Waals surface area contributed by atoms with Crippen LogP contribution in [0.3, 0.4) is 0 Å². The maximum absolute atomic E-state index is 12.8. The molecule has 1 atom stereocenters. The molecule has 0 heterocycles. The summed E-state index contributed by atoms with van der Waals surface area (Å²) in [6.07, 6.45) is -0.346. The molecule has 0 spiro atoms. The third-order valence-electron chi connectivity index (χ3n) is 5.23. The number of carbonyl (C=O) groups excluding carboxylic acids is 2. The van der Waals surface area contributed by atoms with Gasteiger partial charge in [0, 0.05) is 42.4 Å². The lowest BCUT2D eigenvalue weighted by molar-refractivity contribution is -0.385. The second kappa shape index (κ2) is 12.0. The molecule has 0 fully saturated rings. The number of carbonyl (C=O) groups is 2. The molecule has 0 bridgehead atoms. The molecule has 3 aromatic rings. The predicted octanol–water partition coefficient (Wildman–Crippen LogP) is 3.78. The molecular formula is C23H21N7O8. The Morgan fingerprint density at radius 1 is 0.763 bits per heavy atom. The minimum absolute atomic E-state index is 0.134. The first-order valence-corrected chi connectivity index (χ1v) is 10.9. The first-order chi connectivity index (χ1) is 18.0. The number of rotatable bonds is 12. The Bertz CT molecular complexity index is 1410. The van der Waals surface area contributed by atoms with E-state index >= 15 is 0 Å². The first-order valence-electron chi connectivity index (χ1n) is 10.9. The van der Waals surface area contributed by atoms with Crippen molar-refractivity contribution in [2.75, 3.05) is 16.2 Å². The zero-order chi connectivity index (χ0) is 27.8. The van der Waals surface area contributed by atoms with Gasteiger partial charge >= 0.3 is 0 Å². The number of nitrogens with zero attached hydrogens (tertiary/aromatic N) is 3. The number of Topliss-reactive ketones (excluding diaryl/α,β-unsaturated/α-hetero) is 1. The number of hydrogen-bond donors (Lipinski definition) is 4. The molecule has 3 rings (SSSR count). The first kappa shape index (κ1) is 27.2. The zero-order valence-corrected chi connectivity index (χ0v) is 19.5. The number of anilines is 3. The maximum atomic E-state index is 12.8. The third kappa shape index (κ3) is 7.05. The summed E-state index contributed by atoms with van der Waals surface area (Å²) < 4.78 is 0. The average Bonchev–Trinajstić information content (AvgIpc) is 2.90. The molecular weight excluding hydrogens is 502 g/mol. The van der Waals surface area contributed by atoms with Crippen LogP contribution in [0.1, 0.15) is 23.2 Å². The number of hydrogen-bond acceptors (Lipinski definition) is 11. The van der Waals surface area contributed by atoms with Crippen LogP contribution in [-0.2, 0) is 4.79 Å². The van der Waals surface area contributed by atoms with Gasteiger partial charge in [0.05, 0.1) is 37.7 Å². The number of benzene rings is 3. The molecule has 15 nitrogen and oxygen atoms in total. The Hall–Kier alpha value is -5.44. The molecule has 0 aliphatic rings. The summed E-state index contributed by atoms with van der Waals surface area (Å²) in [5.74, 6) is -1.30. The fourth-order valence-corrected chi connectivity index (χ4v) is 3.35. The highest BCUT2D eigenvalue weighted by molar-refractivity contribution is 6.04. The molecule has 0 saturated carbocycles. The van der Waals surface area contributed by atoms with E-state index < -0.39 is 38.2 Å². The van der Waals surface area contributed by atoms with Gasteiger partial charge in [-0.1, -0.05) is 12.1 Å². The predicted molar refractivity (Wildman–Crippen MR) is 137 cm³/mol. The minimum Gasteiger partial charge on any atom is -0.326 e. The lowest BCUT2D eigenvalue weighted by atomic mass is 9.99. The number of non-ortho nitro benzene ring substituents is 2. The maximum Gasteiger partial charge on any atom is 0.282 e. The molecule has 5 N–H and O–H groups in total. The van der Waals surface area contributed by atoms with E-state index in [1.807, 2.05) is 0 Å². The van der Waals surface area contributed by atoms with Crippen LogP contribution < -0.4 is 21.9 Å². The smallest absolute Gasteiger partial charge is 0.282 e. The standard InChI is InChI=1S/C23H21N7O8/c24-20(9-10-22(31)25-14-3-1-5-17(11-14)28(33)34)23(32)19-8-7-16(13-21(19)30(37)38)27-26-15-4-2-6-18(12-15)29(35)36/h1-8,11-13,20,26-27H,9-10,24H2,(H,25,31). The van der Waals surface area contributed by atoms with Crippen LogP contribution in [0.4, 0.5) is 34.1 Å². The third-order valence-corrected chi connectivity index (χ3v) is 5.23. The largest absolute Gasteiger partial charge is 0.326 e. The summed E-state index contributed by atoms with van der Waals surface area (Å²) in [6.45, 7) is 0. The second-order valence-corrected chi connectivity index (χ2v) is 7.91. The number of nitro groups is 3. The van der Waals surface area contributed by atoms with E-state index in [1.54, 1.807) is 6.07 Å². The van der Waals surface area contributed by atoms with E-state index in [0.717, 1.165) is 6.07 Å². The minimum atomic E-state index is -1.23. The highest BCUT2D eigenvalue weighted by Gasteiger charge is 2.26. The van der Waals surface area contributed by atoms with Crippen LogP contribution in [0.15, 0.2) is 66.7 Å². The SMILES string of the molecule is NC(CCC(=O)Nc1cccc([N+](=O)[O-])c1)C(=O)c1ccc(NNc2cccc([N+](=O)[O-])c2)cc1[N+](=O)[O-]. The Kier molecular flexibility index (Phi) is 8.57. The summed E-state index contributed by atoms with van der Waals surface area (Å²) in [4.78, 5) is 56.5. The second-order valence-electron chi connectivity index (χ2n) is 7.91. The number of nitrogens with one attached hydrogen (secondary N) is 3. The van der Waals surface area contributed by atoms with Crippen LogP contribution in [0.5, 0.6) is 0 Å². The van der Waals surface area contributed by atoms with Crippen molar-refractivity contribution in [1.29, 1.82) is 0 Å². The number of hydrazine groups is 1. The summed E-state index contributed by atoms with van der Waals surface area (Å²) in [5.41, 5.74) is 10.8. The Labute approximate surface area is 214 Å². The molecule has 0 radical (unpaired) electrons. The van der Waals surface area contributed by atoms with Gasteiger partial charge < -0.3 is 21.9 Å². The number of amides is 1. The Morgan fingerprint density at radius 2 is 1.32 bits per heavy atom. The van der Waals surface area contributed by atoms with Gasteiger partial charge in [0.15, 0.2) is 5.78 Å². The van der Waals surface area contributed by atoms with Gasteiger partial charge in [-0.15, -0.1) is 0 Å². The van der Waals surface area contributed by atoms with Crippen molar-refractivity contribution < 1.29 is 24.4 Å².